The monoisotopic (exact) mass is 473 g/mol. The molecule has 0 saturated carbocycles. The number of halogens is 3. The Morgan fingerprint density at radius 2 is 2.00 bits per heavy atom. The lowest BCUT2D eigenvalue weighted by Crippen LogP contribution is -2.42. The van der Waals surface area contributed by atoms with Gasteiger partial charge < -0.3 is 14.7 Å². The summed E-state index contributed by atoms with van der Waals surface area (Å²) in [5, 5.41) is 11.1. The second-order valence-corrected chi connectivity index (χ2v) is 8.49. The summed E-state index contributed by atoms with van der Waals surface area (Å²) in [7, 11) is 0. The van der Waals surface area contributed by atoms with Crippen molar-refractivity contribution in [2.75, 3.05) is 18.4 Å². The fourth-order valence-electron chi connectivity index (χ4n) is 3.92. The van der Waals surface area contributed by atoms with Gasteiger partial charge in [0.25, 0.3) is 5.91 Å². The molecule has 0 spiro atoms. The van der Waals surface area contributed by atoms with Gasteiger partial charge in [-0.1, -0.05) is 5.16 Å². The Bertz CT molecular complexity index is 1270. The predicted molar refractivity (Wildman–Crippen MR) is 117 cm³/mol. The summed E-state index contributed by atoms with van der Waals surface area (Å²) >= 11 is 1.45. The molecule has 5 rings (SSSR count). The van der Waals surface area contributed by atoms with E-state index in [-0.39, 0.29) is 23.2 Å². The van der Waals surface area contributed by atoms with E-state index >= 15 is 0 Å². The van der Waals surface area contributed by atoms with E-state index < -0.39 is 11.9 Å². The molecule has 0 bridgehead atoms. The highest BCUT2D eigenvalue weighted by Crippen LogP contribution is 2.35. The van der Waals surface area contributed by atoms with Gasteiger partial charge in [0.2, 0.25) is 5.76 Å². The van der Waals surface area contributed by atoms with Crippen LogP contribution in [-0.4, -0.2) is 45.1 Å². The van der Waals surface area contributed by atoms with Crippen LogP contribution in [0.4, 0.5) is 19.0 Å². The van der Waals surface area contributed by atoms with Gasteiger partial charge in [-0.25, -0.2) is 9.97 Å². The number of amides is 1. The first-order valence-corrected chi connectivity index (χ1v) is 11.2. The maximum Gasteiger partial charge on any atom is 0.433 e. The number of carbonyl (C=O) groups is 1. The van der Waals surface area contributed by atoms with Crippen molar-refractivity contribution in [3.63, 3.8) is 0 Å². The zero-order valence-electron chi connectivity index (χ0n) is 17.2. The van der Waals surface area contributed by atoms with Crippen LogP contribution < -0.4 is 5.32 Å². The molecule has 33 heavy (non-hydrogen) atoms. The van der Waals surface area contributed by atoms with Crippen molar-refractivity contribution in [1.29, 1.82) is 0 Å². The van der Waals surface area contributed by atoms with Crippen LogP contribution in [0.15, 0.2) is 51.9 Å². The number of likely N-dealkylation sites (tertiary alicyclic amines) is 1. The minimum atomic E-state index is -4.54. The van der Waals surface area contributed by atoms with E-state index in [1.165, 1.54) is 29.7 Å². The Morgan fingerprint density at radius 3 is 2.67 bits per heavy atom. The van der Waals surface area contributed by atoms with Crippen LogP contribution in [0, 0.1) is 0 Å². The summed E-state index contributed by atoms with van der Waals surface area (Å²) in [6.07, 6.45) is -0.245. The molecule has 170 valence electrons. The Hall–Kier alpha value is -3.47. The van der Waals surface area contributed by atoms with Gasteiger partial charge >= 0.3 is 6.18 Å². The summed E-state index contributed by atoms with van der Waals surface area (Å²) in [5.41, 5.74) is 0.631. The van der Waals surface area contributed by atoms with Crippen LogP contribution in [0.2, 0.25) is 0 Å². The minimum absolute atomic E-state index is 0.00812. The van der Waals surface area contributed by atoms with Crippen molar-refractivity contribution in [3.8, 4) is 11.1 Å². The highest BCUT2D eigenvalue weighted by Gasteiger charge is 2.33. The molecule has 1 amide bonds. The number of piperidine rings is 1. The van der Waals surface area contributed by atoms with Gasteiger partial charge in [0, 0.05) is 42.3 Å². The fourth-order valence-corrected chi connectivity index (χ4v) is 4.58. The summed E-state index contributed by atoms with van der Waals surface area (Å²) in [6, 6.07) is 5.76. The third-order valence-corrected chi connectivity index (χ3v) is 6.31. The first-order chi connectivity index (χ1) is 15.9. The first kappa shape index (κ1) is 21.4. The standard InChI is InChI=1S/C22H18F3N5O2S/c23-22(24,25)18-2-1-15-19(29-18)16(13-6-10-33-12-13)11-26-20(15)28-14-4-8-30(9-5-14)21(31)17-3-7-27-32-17/h1-3,6-7,10-12,14H,4-5,8-9H2,(H,26,28). The lowest BCUT2D eigenvalue weighted by Gasteiger charge is -2.32. The topological polar surface area (TPSA) is 84.2 Å². The van der Waals surface area contributed by atoms with Gasteiger partial charge in [0.1, 0.15) is 11.5 Å². The quantitative estimate of drug-likeness (QED) is 0.445. The Morgan fingerprint density at radius 1 is 1.18 bits per heavy atom. The summed E-state index contributed by atoms with van der Waals surface area (Å²) in [4.78, 5) is 22.6. The van der Waals surface area contributed by atoms with Gasteiger partial charge in [-0.3, -0.25) is 4.79 Å². The Labute approximate surface area is 190 Å². The molecule has 5 heterocycles. The normalized spacial score (nSPS) is 15.2. The number of nitrogens with zero attached hydrogens (tertiary/aromatic N) is 4. The van der Waals surface area contributed by atoms with Gasteiger partial charge in [-0.15, -0.1) is 0 Å². The van der Waals surface area contributed by atoms with Crippen molar-refractivity contribution < 1.29 is 22.5 Å². The molecule has 0 aromatic carbocycles. The molecular weight excluding hydrogens is 455 g/mol. The lowest BCUT2D eigenvalue weighted by atomic mass is 10.0. The molecule has 0 aliphatic carbocycles. The van der Waals surface area contributed by atoms with E-state index in [2.05, 4.69) is 20.4 Å². The van der Waals surface area contributed by atoms with Crippen LogP contribution in [-0.2, 0) is 6.18 Å². The summed E-state index contributed by atoms with van der Waals surface area (Å²) in [6.45, 7) is 1.02. The largest absolute Gasteiger partial charge is 0.433 e. The average Bonchev–Trinajstić information content (AvgIpc) is 3.53. The van der Waals surface area contributed by atoms with Crippen molar-refractivity contribution in [1.82, 2.24) is 20.0 Å². The van der Waals surface area contributed by atoms with Crippen molar-refractivity contribution in [2.45, 2.75) is 25.1 Å². The predicted octanol–water partition coefficient (Wildman–Crippen LogP) is 5.08. The molecule has 1 aliphatic rings. The average molecular weight is 473 g/mol. The van der Waals surface area contributed by atoms with Crippen LogP contribution in [0.1, 0.15) is 29.1 Å². The smallest absolute Gasteiger partial charge is 0.367 e. The van der Waals surface area contributed by atoms with Gasteiger partial charge in [-0.2, -0.15) is 24.5 Å². The maximum atomic E-state index is 13.3. The number of fused-ring (bicyclic) bond motifs is 1. The molecule has 0 radical (unpaired) electrons. The molecule has 0 unspecified atom stereocenters. The van der Waals surface area contributed by atoms with E-state index in [4.69, 9.17) is 4.52 Å². The Balaban J connectivity index is 1.40. The number of thiophene rings is 1. The molecule has 1 saturated heterocycles. The number of pyridine rings is 2. The van der Waals surface area contributed by atoms with E-state index in [0.29, 0.717) is 42.7 Å². The summed E-state index contributed by atoms with van der Waals surface area (Å²) in [5.74, 6) is 0.466. The molecule has 1 N–H and O–H groups in total. The third-order valence-electron chi connectivity index (χ3n) is 5.62. The SMILES string of the molecule is O=C(c1ccno1)N1CCC(Nc2ncc(-c3ccsc3)c3nc(C(F)(F)F)ccc23)CC1. The van der Waals surface area contributed by atoms with E-state index in [0.717, 1.165) is 11.6 Å². The van der Waals surface area contributed by atoms with Crippen molar-refractivity contribution in [3.05, 3.63) is 58.9 Å². The number of hydrogen-bond acceptors (Lipinski definition) is 7. The number of aromatic nitrogens is 3. The number of anilines is 1. The molecule has 1 aliphatic heterocycles. The molecular formula is C22H18F3N5O2S. The summed E-state index contributed by atoms with van der Waals surface area (Å²) < 4.78 is 44.9. The van der Waals surface area contributed by atoms with E-state index in [1.54, 1.807) is 11.1 Å². The number of carbonyl (C=O) groups excluding carboxylic acids is 1. The molecule has 7 nitrogen and oxygen atoms in total. The van der Waals surface area contributed by atoms with Gasteiger partial charge in [-0.05, 0) is 47.4 Å². The van der Waals surface area contributed by atoms with Crippen LogP contribution in [0.3, 0.4) is 0 Å². The second-order valence-electron chi connectivity index (χ2n) is 7.71. The molecule has 4 aromatic rings. The van der Waals surface area contributed by atoms with Crippen LogP contribution in [0.5, 0.6) is 0 Å². The first-order valence-electron chi connectivity index (χ1n) is 10.3. The second kappa shape index (κ2) is 8.47. The molecule has 11 heteroatoms. The van der Waals surface area contributed by atoms with Crippen molar-refractivity contribution >= 4 is 34.0 Å². The van der Waals surface area contributed by atoms with E-state index in [1.807, 2.05) is 16.8 Å². The maximum absolute atomic E-state index is 13.3. The fraction of sp³-hybridized carbons (Fsp3) is 0.273. The van der Waals surface area contributed by atoms with Crippen LogP contribution in [0.25, 0.3) is 22.0 Å². The Kier molecular flexibility index (Phi) is 5.49. The van der Waals surface area contributed by atoms with Gasteiger partial charge in [0.15, 0.2) is 0 Å². The number of alkyl halides is 3. The number of rotatable bonds is 4. The lowest BCUT2D eigenvalue weighted by molar-refractivity contribution is -0.140. The zero-order chi connectivity index (χ0) is 23.0. The molecule has 0 atom stereocenters. The highest BCUT2D eigenvalue weighted by atomic mass is 32.1. The van der Waals surface area contributed by atoms with Crippen molar-refractivity contribution in [2.24, 2.45) is 0 Å². The number of hydrogen-bond donors (Lipinski definition) is 1. The molecule has 4 aromatic heterocycles. The minimum Gasteiger partial charge on any atom is -0.367 e. The molecule has 1 fully saturated rings. The zero-order valence-corrected chi connectivity index (χ0v) is 18.0. The van der Waals surface area contributed by atoms with Gasteiger partial charge in [0.05, 0.1) is 11.7 Å². The highest BCUT2D eigenvalue weighted by molar-refractivity contribution is 7.08. The van der Waals surface area contributed by atoms with E-state index in [9.17, 15) is 18.0 Å². The number of nitrogens with one attached hydrogen (secondary N) is 1. The van der Waals surface area contributed by atoms with Crippen LogP contribution >= 0.6 is 11.3 Å². The third kappa shape index (κ3) is 4.28.